The second kappa shape index (κ2) is 4.26. The average molecular weight is 306 g/mol. The molecule has 4 aliphatic carbocycles. The number of hydrogen-bond donors (Lipinski definition) is 1. The molecule has 0 atom stereocenters. The molecule has 4 bridgehead atoms. The first-order chi connectivity index (χ1) is 8.78. The lowest BCUT2D eigenvalue weighted by Gasteiger charge is -2.54. The van der Waals surface area contributed by atoms with Gasteiger partial charge in [0, 0.05) is 16.2 Å². The molecule has 0 aromatic heterocycles. The van der Waals surface area contributed by atoms with Crippen LogP contribution in [0.15, 0.2) is 28.7 Å². The molecule has 5 rings (SSSR count). The third-order valence-corrected chi connectivity index (χ3v) is 5.88. The smallest absolute Gasteiger partial charge is 0.0353 e. The van der Waals surface area contributed by atoms with E-state index in [-0.39, 0.29) is 0 Å². The summed E-state index contributed by atoms with van der Waals surface area (Å²) in [5.41, 5.74) is 1.29. The van der Waals surface area contributed by atoms with Crippen molar-refractivity contribution in [2.75, 3.05) is 5.32 Å². The summed E-state index contributed by atoms with van der Waals surface area (Å²) in [5.74, 6) is 4.02. The molecule has 0 unspecified atom stereocenters. The van der Waals surface area contributed by atoms with Crippen molar-refractivity contribution >= 4 is 21.6 Å². The molecule has 1 N–H and O–H groups in total. The number of anilines is 1. The molecule has 0 amide bonds. The minimum atomic E-state index is 0.743. The van der Waals surface area contributed by atoms with Crippen LogP contribution in [0.4, 0.5) is 5.69 Å². The fraction of sp³-hybridized carbons (Fsp3) is 0.625. The Balaban J connectivity index is 1.55. The van der Waals surface area contributed by atoms with Crippen molar-refractivity contribution in [3.05, 3.63) is 28.7 Å². The Bertz CT molecular complexity index is 428. The molecule has 0 saturated heterocycles. The first-order valence-electron chi connectivity index (χ1n) is 7.30. The first-order valence-corrected chi connectivity index (χ1v) is 8.09. The van der Waals surface area contributed by atoms with E-state index in [9.17, 15) is 0 Å². The Kier molecular flexibility index (Phi) is 2.68. The number of rotatable bonds is 2. The van der Waals surface area contributed by atoms with Crippen LogP contribution in [-0.4, -0.2) is 6.04 Å². The van der Waals surface area contributed by atoms with Crippen molar-refractivity contribution in [2.24, 2.45) is 23.7 Å². The minimum absolute atomic E-state index is 0.743. The quantitative estimate of drug-likeness (QED) is 0.836. The highest BCUT2D eigenvalue weighted by atomic mass is 79.9. The highest BCUT2D eigenvalue weighted by Crippen LogP contribution is 2.54. The molecule has 18 heavy (non-hydrogen) atoms. The Labute approximate surface area is 117 Å². The van der Waals surface area contributed by atoms with Gasteiger partial charge in [0.25, 0.3) is 0 Å². The monoisotopic (exact) mass is 305 g/mol. The van der Waals surface area contributed by atoms with Gasteiger partial charge in [0.05, 0.1) is 0 Å². The van der Waals surface area contributed by atoms with E-state index in [0.717, 1.165) is 29.7 Å². The maximum Gasteiger partial charge on any atom is 0.0353 e. The van der Waals surface area contributed by atoms with Crippen molar-refractivity contribution in [2.45, 2.75) is 38.1 Å². The van der Waals surface area contributed by atoms with Crippen molar-refractivity contribution in [3.63, 3.8) is 0 Å². The number of benzene rings is 1. The Morgan fingerprint density at radius 2 is 1.61 bits per heavy atom. The van der Waals surface area contributed by atoms with Crippen LogP contribution in [0.2, 0.25) is 0 Å². The first kappa shape index (κ1) is 11.3. The largest absolute Gasteiger partial charge is 0.382 e. The SMILES string of the molecule is Brc1cccc(NC2C3CC4CC(C3)CC2C4)c1. The van der Waals surface area contributed by atoms with Gasteiger partial charge in [-0.05, 0) is 74.0 Å². The maximum absolute atomic E-state index is 3.83. The molecule has 1 nitrogen and oxygen atoms in total. The van der Waals surface area contributed by atoms with Gasteiger partial charge in [-0.15, -0.1) is 0 Å². The molecule has 4 fully saturated rings. The zero-order valence-electron chi connectivity index (χ0n) is 10.6. The molecule has 96 valence electrons. The fourth-order valence-electron chi connectivity index (χ4n) is 4.93. The Morgan fingerprint density at radius 1 is 0.944 bits per heavy atom. The van der Waals surface area contributed by atoms with Gasteiger partial charge >= 0.3 is 0 Å². The summed E-state index contributed by atoms with van der Waals surface area (Å²) in [5, 5.41) is 3.83. The van der Waals surface area contributed by atoms with Crippen LogP contribution >= 0.6 is 15.9 Å². The summed E-state index contributed by atoms with van der Waals surface area (Å²) in [7, 11) is 0. The van der Waals surface area contributed by atoms with Gasteiger partial charge in [-0.3, -0.25) is 0 Å². The number of nitrogens with one attached hydrogen (secondary N) is 1. The second-order valence-electron chi connectivity index (χ2n) is 6.61. The maximum atomic E-state index is 3.83. The number of hydrogen-bond acceptors (Lipinski definition) is 1. The van der Waals surface area contributed by atoms with E-state index in [1.807, 2.05) is 0 Å². The third kappa shape index (κ3) is 1.89. The van der Waals surface area contributed by atoms with Crippen molar-refractivity contribution in [3.8, 4) is 0 Å². The molecule has 0 heterocycles. The fourth-order valence-corrected chi connectivity index (χ4v) is 5.33. The van der Waals surface area contributed by atoms with Crippen molar-refractivity contribution in [1.82, 2.24) is 0 Å². The van der Waals surface area contributed by atoms with Crippen LogP contribution in [0, 0.1) is 23.7 Å². The summed E-state index contributed by atoms with van der Waals surface area (Å²) in [6.07, 6.45) is 7.48. The zero-order chi connectivity index (χ0) is 12.1. The van der Waals surface area contributed by atoms with Gasteiger partial charge in [0.1, 0.15) is 0 Å². The highest BCUT2D eigenvalue weighted by Gasteiger charge is 2.48. The number of halogens is 1. The van der Waals surface area contributed by atoms with Crippen LogP contribution in [0.25, 0.3) is 0 Å². The molecular weight excluding hydrogens is 286 g/mol. The molecule has 1 aromatic carbocycles. The van der Waals surface area contributed by atoms with Gasteiger partial charge in [-0.1, -0.05) is 22.0 Å². The van der Waals surface area contributed by atoms with Gasteiger partial charge in [-0.2, -0.15) is 0 Å². The summed E-state index contributed by atoms with van der Waals surface area (Å²) in [6.45, 7) is 0. The van der Waals surface area contributed by atoms with E-state index in [4.69, 9.17) is 0 Å². The summed E-state index contributed by atoms with van der Waals surface area (Å²) in [4.78, 5) is 0. The lowest BCUT2D eigenvalue weighted by molar-refractivity contribution is 0.00754. The lowest BCUT2D eigenvalue weighted by Crippen LogP contribution is -2.51. The van der Waals surface area contributed by atoms with Gasteiger partial charge in [-0.25, -0.2) is 0 Å². The lowest BCUT2D eigenvalue weighted by atomic mass is 9.54. The molecular formula is C16H20BrN. The van der Waals surface area contributed by atoms with Crippen LogP contribution < -0.4 is 5.32 Å². The van der Waals surface area contributed by atoms with Gasteiger partial charge < -0.3 is 5.32 Å². The van der Waals surface area contributed by atoms with E-state index in [0.29, 0.717) is 0 Å². The third-order valence-electron chi connectivity index (χ3n) is 5.38. The normalized spacial score (nSPS) is 41.1. The van der Waals surface area contributed by atoms with Crippen LogP contribution in [0.3, 0.4) is 0 Å². The second-order valence-corrected chi connectivity index (χ2v) is 7.53. The average Bonchev–Trinajstić information content (AvgIpc) is 2.33. The van der Waals surface area contributed by atoms with E-state index in [1.165, 1.54) is 42.3 Å². The van der Waals surface area contributed by atoms with E-state index >= 15 is 0 Å². The van der Waals surface area contributed by atoms with E-state index < -0.39 is 0 Å². The molecule has 2 heteroatoms. The predicted molar refractivity (Wildman–Crippen MR) is 78.6 cm³/mol. The van der Waals surface area contributed by atoms with Crippen LogP contribution in [-0.2, 0) is 0 Å². The summed E-state index contributed by atoms with van der Waals surface area (Å²) in [6, 6.07) is 9.39. The van der Waals surface area contributed by atoms with E-state index in [2.05, 4.69) is 45.5 Å². The molecule has 0 radical (unpaired) electrons. The van der Waals surface area contributed by atoms with Gasteiger partial charge in [0.15, 0.2) is 0 Å². The van der Waals surface area contributed by atoms with E-state index in [1.54, 1.807) is 0 Å². The Hall–Kier alpha value is -0.500. The zero-order valence-corrected chi connectivity index (χ0v) is 12.2. The predicted octanol–water partition coefficient (Wildman–Crippen LogP) is 4.69. The molecule has 1 aromatic rings. The highest BCUT2D eigenvalue weighted by molar-refractivity contribution is 9.10. The summed E-state index contributed by atoms with van der Waals surface area (Å²) >= 11 is 3.56. The molecule has 4 saturated carbocycles. The van der Waals surface area contributed by atoms with Gasteiger partial charge in [0.2, 0.25) is 0 Å². The van der Waals surface area contributed by atoms with Crippen LogP contribution in [0.1, 0.15) is 32.1 Å². The topological polar surface area (TPSA) is 12.0 Å². The summed E-state index contributed by atoms with van der Waals surface area (Å²) < 4.78 is 1.18. The molecule has 0 aliphatic heterocycles. The van der Waals surface area contributed by atoms with Crippen molar-refractivity contribution < 1.29 is 0 Å². The molecule has 4 aliphatic rings. The van der Waals surface area contributed by atoms with Crippen molar-refractivity contribution in [1.29, 1.82) is 0 Å². The minimum Gasteiger partial charge on any atom is -0.382 e. The Morgan fingerprint density at radius 3 is 2.22 bits per heavy atom. The van der Waals surface area contributed by atoms with Crippen LogP contribution in [0.5, 0.6) is 0 Å². The molecule has 0 spiro atoms. The standard InChI is InChI=1S/C16H20BrN/c17-14-2-1-3-15(9-14)18-16-12-5-10-4-11(7-12)8-13(16)6-10/h1-3,9-13,16,18H,4-8H2.